The number of nitrogens with one attached hydrogen (secondary N) is 3. The molecule has 0 aromatic heterocycles. The molecule has 0 unspecified atom stereocenters. The quantitative estimate of drug-likeness (QED) is 0.768. The van der Waals surface area contributed by atoms with E-state index < -0.39 is 0 Å². The number of urea groups is 2. The molecule has 1 aliphatic heterocycles. The minimum absolute atomic E-state index is 0.0150. The molecule has 3 N–H and O–H groups in total. The van der Waals surface area contributed by atoms with E-state index in [-0.39, 0.29) is 24.1 Å². The third-order valence-corrected chi connectivity index (χ3v) is 4.72. The van der Waals surface area contributed by atoms with Crippen molar-refractivity contribution in [1.82, 2.24) is 20.9 Å². The van der Waals surface area contributed by atoms with Crippen molar-refractivity contribution in [3.05, 3.63) is 35.4 Å². The summed E-state index contributed by atoms with van der Waals surface area (Å²) < 4.78 is 0. The van der Waals surface area contributed by atoms with Gasteiger partial charge in [-0.3, -0.25) is 0 Å². The van der Waals surface area contributed by atoms with Crippen molar-refractivity contribution in [2.75, 3.05) is 20.1 Å². The Morgan fingerprint density at radius 2 is 1.61 bits per heavy atom. The van der Waals surface area contributed by atoms with Crippen LogP contribution < -0.4 is 16.0 Å². The van der Waals surface area contributed by atoms with E-state index >= 15 is 0 Å². The first kappa shape index (κ1) is 15.6. The summed E-state index contributed by atoms with van der Waals surface area (Å²) in [6.45, 7) is 1.36. The lowest BCUT2D eigenvalue weighted by molar-refractivity contribution is 0.173. The summed E-state index contributed by atoms with van der Waals surface area (Å²) >= 11 is 0. The van der Waals surface area contributed by atoms with Gasteiger partial charge in [0.25, 0.3) is 0 Å². The Morgan fingerprint density at radius 3 is 2.17 bits per heavy atom. The molecule has 0 saturated carbocycles. The van der Waals surface area contributed by atoms with Crippen LogP contribution in [0.1, 0.15) is 24.0 Å². The summed E-state index contributed by atoms with van der Waals surface area (Å²) in [4.78, 5) is 25.6. The third kappa shape index (κ3) is 3.75. The fraction of sp³-hybridized carbons (Fsp3) is 0.529. The van der Waals surface area contributed by atoms with Crippen molar-refractivity contribution in [2.24, 2.45) is 0 Å². The molecule has 0 spiro atoms. The molecule has 0 atom stereocenters. The van der Waals surface area contributed by atoms with Gasteiger partial charge in [-0.2, -0.15) is 0 Å². The summed E-state index contributed by atoms with van der Waals surface area (Å²) in [6, 6.07) is 8.57. The van der Waals surface area contributed by atoms with Gasteiger partial charge in [-0.25, -0.2) is 9.59 Å². The molecule has 1 saturated heterocycles. The SMILES string of the molecule is CNC(=O)NC1CCN(C(=O)NC2Cc3ccccc3C2)CC1. The molecule has 6 nitrogen and oxygen atoms in total. The molecule has 0 bridgehead atoms. The number of carbonyl (C=O) groups is 2. The van der Waals surface area contributed by atoms with E-state index in [2.05, 4.69) is 28.1 Å². The monoisotopic (exact) mass is 316 g/mol. The molecule has 4 amide bonds. The fourth-order valence-electron chi connectivity index (χ4n) is 3.41. The van der Waals surface area contributed by atoms with Gasteiger partial charge in [0.2, 0.25) is 0 Å². The van der Waals surface area contributed by atoms with E-state index in [1.165, 1.54) is 11.1 Å². The maximum atomic E-state index is 12.4. The number of benzene rings is 1. The van der Waals surface area contributed by atoms with Crippen LogP contribution in [0, 0.1) is 0 Å². The van der Waals surface area contributed by atoms with Gasteiger partial charge in [0.05, 0.1) is 0 Å². The van der Waals surface area contributed by atoms with Gasteiger partial charge < -0.3 is 20.9 Å². The second kappa shape index (κ2) is 6.89. The zero-order valence-electron chi connectivity index (χ0n) is 13.5. The zero-order valence-corrected chi connectivity index (χ0v) is 13.5. The number of hydrogen-bond donors (Lipinski definition) is 3. The zero-order chi connectivity index (χ0) is 16.2. The molecular weight excluding hydrogens is 292 g/mol. The van der Waals surface area contributed by atoms with Crippen LogP contribution in [0.5, 0.6) is 0 Å². The van der Waals surface area contributed by atoms with Crippen LogP contribution in [-0.2, 0) is 12.8 Å². The van der Waals surface area contributed by atoms with E-state index in [9.17, 15) is 9.59 Å². The summed E-state index contributed by atoms with van der Waals surface area (Å²) in [5, 5.41) is 8.61. The van der Waals surface area contributed by atoms with E-state index in [4.69, 9.17) is 0 Å². The van der Waals surface area contributed by atoms with Crippen molar-refractivity contribution in [3.63, 3.8) is 0 Å². The number of piperidine rings is 1. The van der Waals surface area contributed by atoms with Gasteiger partial charge in [-0.15, -0.1) is 0 Å². The molecule has 1 aliphatic carbocycles. The third-order valence-electron chi connectivity index (χ3n) is 4.72. The van der Waals surface area contributed by atoms with Crippen LogP contribution in [0.15, 0.2) is 24.3 Å². The number of rotatable bonds is 2. The van der Waals surface area contributed by atoms with Crippen molar-refractivity contribution < 1.29 is 9.59 Å². The number of fused-ring (bicyclic) bond motifs is 1. The largest absolute Gasteiger partial charge is 0.341 e. The summed E-state index contributed by atoms with van der Waals surface area (Å²) in [7, 11) is 1.61. The molecule has 1 fully saturated rings. The average molecular weight is 316 g/mol. The Hall–Kier alpha value is -2.24. The topological polar surface area (TPSA) is 73.5 Å². The van der Waals surface area contributed by atoms with Gasteiger partial charge in [-0.1, -0.05) is 24.3 Å². The van der Waals surface area contributed by atoms with E-state index in [0.717, 1.165) is 25.7 Å². The van der Waals surface area contributed by atoms with E-state index in [1.807, 2.05) is 17.0 Å². The first-order valence-corrected chi connectivity index (χ1v) is 8.26. The fourth-order valence-corrected chi connectivity index (χ4v) is 3.41. The number of carbonyl (C=O) groups excluding carboxylic acids is 2. The molecule has 124 valence electrons. The number of likely N-dealkylation sites (tertiary alicyclic amines) is 1. The van der Waals surface area contributed by atoms with Crippen LogP contribution in [0.4, 0.5) is 9.59 Å². The molecule has 23 heavy (non-hydrogen) atoms. The smallest absolute Gasteiger partial charge is 0.317 e. The highest BCUT2D eigenvalue weighted by atomic mass is 16.2. The Balaban J connectivity index is 1.45. The first-order chi connectivity index (χ1) is 11.2. The Labute approximate surface area is 136 Å². The molecular formula is C17H24N4O2. The molecule has 6 heteroatoms. The first-order valence-electron chi connectivity index (χ1n) is 8.26. The second-order valence-electron chi connectivity index (χ2n) is 6.31. The molecule has 1 heterocycles. The second-order valence-corrected chi connectivity index (χ2v) is 6.31. The summed E-state index contributed by atoms with van der Waals surface area (Å²) in [5.74, 6) is 0. The normalized spacial score (nSPS) is 18.4. The van der Waals surface area contributed by atoms with Crippen molar-refractivity contribution in [1.29, 1.82) is 0 Å². The molecule has 2 aliphatic rings. The van der Waals surface area contributed by atoms with Crippen LogP contribution >= 0.6 is 0 Å². The van der Waals surface area contributed by atoms with Gasteiger partial charge in [0.15, 0.2) is 0 Å². The van der Waals surface area contributed by atoms with E-state index in [0.29, 0.717) is 13.1 Å². The number of amides is 4. The maximum Gasteiger partial charge on any atom is 0.317 e. The Bertz CT molecular complexity index is 557. The lowest BCUT2D eigenvalue weighted by atomic mass is 10.1. The molecule has 3 rings (SSSR count). The van der Waals surface area contributed by atoms with Gasteiger partial charge in [0.1, 0.15) is 0 Å². The Morgan fingerprint density at radius 1 is 1.00 bits per heavy atom. The summed E-state index contributed by atoms with van der Waals surface area (Å²) in [6.07, 6.45) is 3.42. The molecule has 1 aromatic rings. The lowest BCUT2D eigenvalue weighted by Gasteiger charge is -2.33. The maximum absolute atomic E-state index is 12.4. The van der Waals surface area contributed by atoms with Crippen molar-refractivity contribution >= 4 is 12.1 Å². The van der Waals surface area contributed by atoms with Gasteiger partial charge in [-0.05, 0) is 36.8 Å². The van der Waals surface area contributed by atoms with Crippen molar-refractivity contribution in [2.45, 2.75) is 37.8 Å². The minimum atomic E-state index is -0.156. The predicted molar refractivity (Wildman–Crippen MR) is 88.4 cm³/mol. The van der Waals surface area contributed by atoms with Gasteiger partial charge in [0, 0.05) is 32.2 Å². The summed E-state index contributed by atoms with van der Waals surface area (Å²) in [5.41, 5.74) is 2.68. The highest BCUT2D eigenvalue weighted by Crippen LogP contribution is 2.22. The van der Waals surface area contributed by atoms with Crippen LogP contribution in [0.3, 0.4) is 0 Å². The number of hydrogen-bond acceptors (Lipinski definition) is 2. The standard InChI is InChI=1S/C17H24N4O2/c1-18-16(22)19-14-6-8-21(9-7-14)17(23)20-15-10-12-4-2-3-5-13(12)11-15/h2-5,14-15H,6-11H2,1H3,(H,20,23)(H2,18,19,22). The highest BCUT2D eigenvalue weighted by molar-refractivity contribution is 5.75. The highest BCUT2D eigenvalue weighted by Gasteiger charge is 2.27. The molecule has 1 aromatic carbocycles. The van der Waals surface area contributed by atoms with Crippen LogP contribution in [0.2, 0.25) is 0 Å². The minimum Gasteiger partial charge on any atom is -0.341 e. The molecule has 0 radical (unpaired) electrons. The van der Waals surface area contributed by atoms with Crippen LogP contribution in [-0.4, -0.2) is 49.2 Å². The number of nitrogens with zero attached hydrogens (tertiary/aromatic N) is 1. The lowest BCUT2D eigenvalue weighted by Crippen LogP contribution is -2.52. The van der Waals surface area contributed by atoms with E-state index in [1.54, 1.807) is 7.05 Å². The van der Waals surface area contributed by atoms with Crippen LogP contribution in [0.25, 0.3) is 0 Å². The Kier molecular flexibility index (Phi) is 4.69. The predicted octanol–water partition coefficient (Wildman–Crippen LogP) is 1.26. The van der Waals surface area contributed by atoms with Crippen molar-refractivity contribution in [3.8, 4) is 0 Å². The average Bonchev–Trinajstić information content (AvgIpc) is 2.97. The van der Waals surface area contributed by atoms with Gasteiger partial charge >= 0.3 is 12.1 Å².